The summed E-state index contributed by atoms with van der Waals surface area (Å²) >= 11 is 0. The molecule has 0 N–H and O–H groups in total. The van der Waals surface area contributed by atoms with Crippen molar-refractivity contribution in [3.63, 3.8) is 0 Å². The molecule has 0 saturated carbocycles. The molecule has 0 amide bonds. The van der Waals surface area contributed by atoms with E-state index in [0.29, 0.717) is 5.56 Å². The van der Waals surface area contributed by atoms with Crippen molar-refractivity contribution in [1.29, 1.82) is 0 Å². The van der Waals surface area contributed by atoms with E-state index in [-0.39, 0.29) is 11.4 Å². The molecular formula is C12H13NO4. The molecule has 1 aromatic heterocycles. The molecule has 1 aromatic rings. The second kappa shape index (κ2) is 5.79. The molecule has 90 valence electrons. The third-order valence-corrected chi connectivity index (χ3v) is 2.00. The standard InChI is InChI=1S/C12H13NO4/c1-4-5-8-6-9(11(14)16-2)13-10(7-8)12(15)17-3/h4-7H,1-3H3/b5-4+. The first kappa shape index (κ1) is 12.9. The van der Waals surface area contributed by atoms with Gasteiger partial charge in [-0.2, -0.15) is 0 Å². The van der Waals surface area contributed by atoms with Crippen molar-refractivity contribution >= 4 is 18.0 Å². The number of allylic oxidation sites excluding steroid dienone is 1. The van der Waals surface area contributed by atoms with E-state index < -0.39 is 11.9 Å². The Kier molecular flexibility index (Phi) is 4.39. The third-order valence-electron chi connectivity index (χ3n) is 2.00. The first-order valence-corrected chi connectivity index (χ1v) is 4.93. The number of ether oxygens (including phenoxy) is 2. The first-order valence-electron chi connectivity index (χ1n) is 4.93. The summed E-state index contributed by atoms with van der Waals surface area (Å²) in [4.78, 5) is 26.6. The third kappa shape index (κ3) is 3.14. The highest BCUT2D eigenvalue weighted by Crippen LogP contribution is 2.10. The molecule has 0 atom stereocenters. The van der Waals surface area contributed by atoms with Crippen LogP contribution in [-0.4, -0.2) is 31.1 Å². The first-order chi connectivity index (χ1) is 8.12. The van der Waals surface area contributed by atoms with Gasteiger partial charge in [0.05, 0.1) is 14.2 Å². The van der Waals surface area contributed by atoms with Gasteiger partial charge in [0.15, 0.2) is 0 Å². The van der Waals surface area contributed by atoms with Gasteiger partial charge in [0, 0.05) is 0 Å². The van der Waals surface area contributed by atoms with E-state index in [4.69, 9.17) is 0 Å². The molecule has 17 heavy (non-hydrogen) atoms. The van der Waals surface area contributed by atoms with Crippen LogP contribution >= 0.6 is 0 Å². The quantitative estimate of drug-likeness (QED) is 0.746. The summed E-state index contributed by atoms with van der Waals surface area (Å²) in [5.41, 5.74) is 0.829. The minimum absolute atomic E-state index is 0.0727. The summed E-state index contributed by atoms with van der Waals surface area (Å²) in [7, 11) is 2.51. The largest absolute Gasteiger partial charge is 0.464 e. The van der Waals surface area contributed by atoms with Gasteiger partial charge in [-0.3, -0.25) is 0 Å². The number of esters is 2. The number of hydrogen-bond acceptors (Lipinski definition) is 5. The average molecular weight is 235 g/mol. The average Bonchev–Trinajstić information content (AvgIpc) is 2.36. The SMILES string of the molecule is C/C=C/c1cc(C(=O)OC)nc(C(=O)OC)c1. The van der Waals surface area contributed by atoms with Crippen molar-refractivity contribution < 1.29 is 19.1 Å². The predicted molar refractivity (Wildman–Crippen MR) is 61.6 cm³/mol. The fourth-order valence-corrected chi connectivity index (χ4v) is 1.26. The highest BCUT2D eigenvalue weighted by Gasteiger charge is 2.14. The van der Waals surface area contributed by atoms with Crippen molar-refractivity contribution in [1.82, 2.24) is 4.98 Å². The summed E-state index contributed by atoms with van der Waals surface area (Å²) < 4.78 is 9.12. The lowest BCUT2D eigenvalue weighted by Crippen LogP contribution is -2.11. The lowest BCUT2D eigenvalue weighted by atomic mass is 10.1. The minimum Gasteiger partial charge on any atom is -0.464 e. The molecule has 0 aromatic carbocycles. The predicted octanol–water partition coefficient (Wildman–Crippen LogP) is 1.69. The maximum Gasteiger partial charge on any atom is 0.356 e. The Morgan fingerprint density at radius 3 is 1.94 bits per heavy atom. The van der Waals surface area contributed by atoms with Gasteiger partial charge in [-0.25, -0.2) is 14.6 Å². The minimum atomic E-state index is -0.596. The van der Waals surface area contributed by atoms with Crippen LogP contribution in [-0.2, 0) is 9.47 Å². The Labute approximate surface area is 99.1 Å². The molecule has 0 saturated heterocycles. The van der Waals surface area contributed by atoms with E-state index in [2.05, 4.69) is 14.5 Å². The van der Waals surface area contributed by atoms with Gasteiger partial charge in [0.25, 0.3) is 0 Å². The Hall–Kier alpha value is -2.17. The number of pyridine rings is 1. The number of carbonyl (C=O) groups excluding carboxylic acids is 2. The monoisotopic (exact) mass is 235 g/mol. The normalized spacial score (nSPS) is 10.3. The molecular weight excluding hydrogens is 222 g/mol. The maximum atomic E-state index is 11.4. The van der Waals surface area contributed by atoms with Crippen LogP contribution in [0.5, 0.6) is 0 Å². The van der Waals surface area contributed by atoms with Crippen LogP contribution in [0.15, 0.2) is 18.2 Å². The Morgan fingerprint density at radius 2 is 1.59 bits per heavy atom. The van der Waals surface area contributed by atoms with Gasteiger partial charge in [-0.1, -0.05) is 12.2 Å². The number of methoxy groups -OCH3 is 2. The number of aromatic nitrogens is 1. The topological polar surface area (TPSA) is 65.5 Å². The molecule has 5 heteroatoms. The molecule has 0 aliphatic heterocycles. The van der Waals surface area contributed by atoms with Crippen molar-refractivity contribution in [2.45, 2.75) is 6.92 Å². The second-order valence-electron chi connectivity index (χ2n) is 3.15. The Bertz CT molecular complexity index is 431. The van der Waals surface area contributed by atoms with Crippen LogP contribution in [0.2, 0.25) is 0 Å². The maximum absolute atomic E-state index is 11.4. The molecule has 0 unspecified atom stereocenters. The second-order valence-corrected chi connectivity index (χ2v) is 3.15. The van der Waals surface area contributed by atoms with Crippen molar-refractivity contribution in [2.24, 2.45) is 0 Å². The van der Waals surface area contributed by atoms with Gasteiger partial charge >= 0.3 is 11.9 Å². The summed E-state index contributed by atoms with van der Waals surface area (Å²) in [5, 5.41) is 0. The van der Waals surface area contributed by atoms with Crippen LogP contribution in [0, 0.1) is 0 Å². The zero-order chi connectivity index (χ0) is 12.8. The molecule has 0 aliphatic rings. The summed E-state index contributed by atoms with van der Waals surface area (Å²) in [6.45, 7) is 1.83. The molecule has 0 fully saturated rings. The Balaban J connectivity index is 3.27. The summed E-state index contributed by atoms with van der Waals surface area (Å²) in [6.07, 6.45) is 3.54. The number of nitrogens with zero attached hydrogens (tertiary/aromatic N) is 1. The van der Waals surface area contributed by atoms with E-state index in [9.17, 15) is 9.59 Å². The zero-order valence-electron chi connectivity index (χ0n) is 9.89. The van der Waals surface area contributed by atoms with Crippen LogP contribution < -0.4 is 0 Å². The van der Waals surface area contributed by atoms with Gasteiger partial charge < -0.3 is 9.47 Å². The van der Waals surface area contributed by atoms with Crippen molar-refractivity contribution in [2.75, 3.05) is 14.2 Å². The molecule has 5 nitrogen and oxygen atoms in total. The summed E-state index contributed by atoms with van der Waals surface area (Å²) in [5.74, 6) is -1.19. The smallest absolute Gasteiger partial charge is 0.356 e. The highest BCUT2D eigenvalue weighted by atomic mass is 16.5. The zero-order valence-corrected chi connectivity index (χ0v) is 9.89. The summed E-state index contributed by atoms with van der Waals surface area (Å²) in [6, 6.07) is 3.08. The molecule has 0 aliphatic carbocycles. The number of rotatable bonds is 3. The van der Waals surface area contributed by atoms with Crippen LogP contribution in [0.25, 0.3) is 6.08 Å². The molecule has 1 heterocycles. The van der Waals surface area contributed by atoms with Gasteiger partial charge in [-0.15, -0.1) is 0 Å². The van der Waals surface area contributed by atoms with Crippen LogP contribution in [0.1, 0.15) is 33.5 Å². The van der Waals surface area contributed by atoms with Gasteiger partial charge in [0.1, 0.15) is 11.4 Å². The van der Waals surface area contributed by atoms with E-state index in [1.807, 2.05) is 6.92 Å². The molecule has 0 bridgehead atoms. The van der Waals surface area contributed by atoms with Gasteiger partial charge in [0.2, 0.25) is 0 Å². The van der Waals surface area contributed by atoms with Crippen LogP contribution in [0.3, 0.4) is 0 Å². The molecule has 0 spiro atoms. The lowest BCUT2D eigenvalue weighted by Gasteiger charge is -2.04. The molecule has 1 rings (SSSR count). The van der Waals surface area contributed by atoms with Crippen molar-refractivity contribution in [3.05, 3.63) is 35.2 Å². The number of carbonyl (C=O) groups is 2. The van der Waals surface area contributed by atoms with E-state index >= 15 is 0 Å². The van der Waals surface area contributed by atoms with Crippen molar-refractivity contribution in [3.8, 4) is 0 Å². The Morgan fingerprint density at radius 1 is 1.12 bits per heavy atom. The van der Waals surface area contributed by atoms with Crippen LogP contribution in [0.4, 0.5) is 0 Å². The van der Waals surface area contributed by atoms with E-state index in [1.54, 1.807) is 12.2 Å². The number of hydrogen-bond donors (Lipinski definition) is 0. The molecule has 0 radical (unpaired) electrons. The van der Waals surface area contributed by atoms with E-state index in [1.165, 1.54) is 26.4 Å². The fraction of sp³-hybridized carbons (Fsp3) is 0.250. The lowest BCUT2D eigenvalue weighted by molar-refractivity contribution is 0.0586. The van der Waals surface area contributed by atoms with Gasteiger partial charge in [-0.05, 0) is 24.6 Å². The highest BCUT2D eigenvalue weighted by molar-refractivity contribution is 5.92. The van der Waals surface area contributed by atoms with E-state index in [0.717, 1.165) is 0 Å². The fourth-order valence-electron chi connectivity index (χ4n) is 1.26.